The number of hydrogen-bond donors (Lipinski definition) is 1. The number of aryl methyl sites for hydroxylation is 1. The molecule has 3 aromatic rings. The largest absolute Gasteiger partial charge is 0.457 e. The van der Waals surface area contributed by atoms with Crippen LogP contribution in [0, 0.1) is 6.92 Å². The Balaban J connectivity index is 1.71. The Hall–Kier alpha value is -3.25. The van der Waals surface area contributed by atoms with Gasteiger partial charge in [0.1, 0.15) is 17.2 Å². The predicted molar refractivity (Wildman–Crippen MR) is 105 cm³/mol. The number of nitrogens with zero attached hydrogens (tertiary/aromatic N) is 3. The second-order valence-corrected chi connectivity index (χ2v) is 6.48. The average Bonchev–Trinajstić information content (AvgIpc) is 2.65. The van der Waals surface area contributed by atoms with Crippen molar-refractivity contribution in [3.05, 3.63) is 77.9 Å². The first-order valence-electron chi connectivity index (χ1n) is 8.62. The number of ether oxygens (including phenoxy) is 1. The Bertz CT molecular complexity index is 909. The zero-order valence-corrected chi connectivity index (χ0v) is 15.6. The Morgan fingerprint density at radius 3 is 2.52 bits per heavy atom. The van der Waals surface area contributed by atoms with Crippen LogP contribution in [0.5, 0.6) is 11.5 Å². The van der Waals surface area contributed by atoms with Crippen molar-refractivity contribution in [2.24, 2.45) is 0 Å². The summed E-state index contributed by atoms with van der Waals surface area (Å²) in [6.07, 6.45) is 3.11. The quantitative estimate of drug-likeness (QED) is 0.720. The summed E-state index contributed by atoms with van der Waals surface area (Å²) in [5, 5.41) is 2.84. The van der Waals surface area contributed by atoms with Crippen LogP contribution in [-0.4, -0.2) is 34.9 Å². The number of benzene rings is 2. The van der Waals surface area contributed by atoms with E-state index in [9.17, 15) is 4.79 Å². The van der Waals surface area contributed by atoms with E-state index in [1.54, 1.807) is 12.3 Å². The molecule has 6 nitrogen and oxygen atoms in total. The standard InChI is InChI=1S/C21H22N4O2/c1-15-9-10-16(11-20(15)27-18-7-5-4-6-8-18)24-21(26)19-13-22-17(12-23-19)14-25(2)3/h4-13H,14H2,1-3H3,(H,24,26). The summed E-state index contributed by atoms with van der Waals surface area (Å²) in [6.45, 7) is 2.63. The van der Waals surface area contributed by atoms with Crippen LogP contribution in [0.1, 0.15) is 21.7 Å². The topological polar surface area (TPSA) is 67.4 Å². The highest BCUT2D eigenvalue weighted by atomic mass is 16.5. The molecule has 0 aliphatic carbocycles. The highest BCUT2D eigenvalue weighted by molar-refractivity contribution is 6.02. The molecule has 0 bridgehead atoms. The number of aromatic nitrogens is 2. The van der Waals surface area contributed by atoms with Crippen LogP contribution in [0.25, 0.3) is 0 Å². The molecule has 0 saturated carbocycles. The third-order valence-electron chi connectivity index (χ3n) is 3.83. The van der Waals surface area contributed by atoms with Gasteiger partial charge in [0.2, 0.25) is 0 Å². The van der Waals surface area contributed by atoms with Crippen molar-refractivity contribution in [1.29, 1.82) is 0 Å². The maximum absolute atomic E-state index is 12.4. The highest BCUT2D eigenvalue weighted by Gasteiger charge is 2.11. The summed E-state index contributed by atoms with van der Waals surface area (Å²) in [6, 6.07) is 15.1. The molecule has 0 unspecified atom stereocenters. The van der Waals surface area contributed by atoms with Crippen molar-refractivity contribution in [3.8, 4) is 11.5 Å². The minimum absolute atomic E-state index is 0.267. The molecular weight excluding hydrogens is 340 g/mol. The number of hydrogen-bond acceptors (Lipinski definition) is 5. The molecule has 138 valence electrons. The molecule has 1 aromatic heterocycles. The lowest BCUT2D eigenvalue weighted by atomic mass is 10.2. The van der Waals surface area contributed by atoms with Gasteiger partial charge in [-0.2, -0.15) is 0 Å². The van der Waals surface area contributed by atoms with E-state index in [4.69, 9.17) is 4.74 Å². The minimum Gasteiger partial charge on any atom is -0.457 e. The van der Waals surface area contributed by atoms with Crippen molar-refractivity contribution in [2.75, 3.05) is 19.4 Å². The first kappa shape index (κ1) is 18.5. The van der Waals surface area contributed by atoms with Gasteiger partial charge in [-0.05, 0) is 44.8 Å². The van der Waals surface area contributed by atoms with Crippen LogP contribution in [-0.2, 0) is 6.54 Å². The zero-order chi connectivity index (χ0) is 19.2. The van der Waals surface area contributed by atoms with Crippen LogP contribution in [0.4, 0.5) is 5.69 Å². The molecule has 1 amide bonds. The summed E-state index contributed by atoms with van der Waals surface area (Å²) >= 11 is 0. The third kappa shape index (κ3) is 5.12. The molecular formula is C21H22N4O2. The first-order chi connectivity index (χ1) is 13.0. The zero-order valence-electron chi connectivity index (χ0n) is 15.6. The molecule has 0 aliphatic heterocycles. The van der Waals surface area contributed by atoms with Crippen molar-refractivity contribution in [1.82, 2.24) is 14.9 Å². The van der Waals surface area contributed by atoms with Gasteiger partial charge < -0.3 is 15.0 Å². The lowest BCUT2D eigenvalue weighted by Gasteiger charge is -2.12. The van der Waals surface area contributed by atoms with Crippen molar-refractivity contribution in [3.63, 3.8) is 0 Å². The number of nitrogens with one attached hydrogen (secondary N) is 1. The number of carbonyl (C=O) groups is 1. The van der Waals surface area contributed by atoms with E-state index >= 15 is 0 Å². The van der Waals surface area contributed by atoms with Crippen LogP contribution in [0.2, 0.25) is 0 Å². The molecule has 0 aliphatic rings. The maximum Gasteiger partial charge on any atom is 0.275 e. The molecule has 0 fully saturated rings. The number of para-hydroxylation sites is 1. The molecule has 1 heterocycles. The molecule has 1 N–H and O–H groups in total. The van der Waals surface area contributed by atoms with Crippen LogP contribution in [0.15, 0.2) is 60.9 Å². The van der Waals surface area contributed by atoms with Gasteiger partial charge in [0.25, 0.3) is 5.91 Å². The van der Waals surface area contributed by atoms with Gasteiger partial charge in [0.15, 0.2) is 0 Å². The second-order valence-electron chi connectivity index (χ2n) is 6.48. The van der Waals surface area contributed by atoms with Gasteiger partial charge in [-0.15, -0.1) is 0 Å². The summed E-state index contributed by atoms with van der Waals surface area (Å²) in [7, 11) is 3.91. The fourth-order valence-electron chi connectivity index (χ4n) is 2.48. The van der Waals surface area contributed by atoms with Gasteiger partial charge in [0.05, 0.1) is 18.1 Å². The predicted octanol–water partition coefficient (Wildman–Crippen LogP) is 3.89. The van der Waals surface area contributed by atoms with Crippen LogP contribution < -0.4 is 10.1 Å². The fraction of sp³-hybridized carbons (Fsp3) is 0.190. The van der Waals surface area contributed by atoms with Gasteiger partial charge in [-0.1, -0.05) is 24.3 Å². The monoisotopic (exact) mass is 362 g/mol. The van der Waals surface area contributed by atoms with Crippen molar-refractivity contribution in [2.45, 2.75) is 13.5 Å². The van der Waals surface area contributed by atoms with E-state index in [0.717, 1.165) is 17.0 Å². The Morgan fingerprint density at radius 2 is 1.85 bits per heavy atom. The third-order valence-corrected chi connectivity index (χ3v) is 3.83. The molecule has 0 atom stereocenters. The van der Waals surface area contributed by atoms with Gasteiger partial charge >= 0.3 is 0 Å². The normalized spacial score (nSPS) is 10.7. The molecule has 0 radical (unpaired) electrons. The second kappa shape index (κ2) is 8.42. The average molecular weight is 362 g/mol. The number of rotatable bonds is 6. The first-order valence-corrected chi connectivity index (χ1v) is 8.62. The number of anilines is 1. The lowest BCUT2D eigenvalue weighted by Crippen LogP contribution is -2.16. The summed E-state index contributed by atoms with van der Waals surface area (Å²) in [5.74, 6) is 1.12. The minimum atomic E-state index is -0.312. The van der Waals surface area contributed by atoms with E-state index in [2.05, 4.69) is 15.3 Å². The summed E-state index contributed by atoms with van der Waals surface area (Å²) in [5.41, 5.74) is 2.69. The van der Waals surface area contributed by atoms with E-state index < -0.39 is 0 Å². The Kier molecular flexibility index (Phi) is 5.78. The van der Waals surface area contributed by atoms with Crippen molar-refractivity contribution < 1.29 is 9.53 Å². The van der Waals surface area contributed by atoms with E-state index in [-0.39, 0.29) is 11.6 Å². The van der Waals surface area contributed by atoms with E-state index in [0.29, 0.717) is 18.0 Å². The fourth-order valence-corrected chi connectivity index (χ4v) is 2.48. The van der Waals surface area contributed by atoms with Crippen LogP contribution >= 0.6 is 0 Å². The molecule has 2 aromatic carbocycles. The van der Waals surface area contributed by atoms with Crippen molar-refractivity contribution >= 4 is 11.6 Å². The summed E-state index contributed by atoms with van der Waals surface area (Å²) < 4.78 is 5.91. The van der Waals surface area contributed by atoms with E-state index in [1.165, 1.54) is 6.20 Å². The van der Waals surface area contributed by atoms with Gasteiger partial charge in [0, 0.05) is 18.3 Å². The molecule has 27 heavy (non-hydrogen) atoms. The maximum atomic E-state index is 12.4. The number of carbonyl (C=O) groups excluding carboxylic acids is 1. The lowest BCUT2D eigenvalue weighted by molar-refractivity contribution is 0.102. The van der Waals surface area contributed by atoms with Crippen LogP contribution in [0.3, 0.4) is 0 Å². The Morgan fingerprint density at radius 1 is 1.07 bits per heavy atom. The molecule has 0 spiro atoms. The molecule has 6 heteroatoms. The van der Waals surface area contributed by atoms with Gasteiger partial charge in [-0.25, -0.2) is 4.98 Å². The van der Waals surface area contributed by atoms with E-state index in [1.807, 2.05) is 68.4 Å². The molecule has 0 saturated heterocycles. The summed E-state index contributed by atoms with van der Waals surface area (Å²) in [4.78, 5) is 22.9. The highest BCUT2D eigenvalue weighted by Crippen LogP contribution is 2.28. The number of amides is 1. The SMILES string of the molecule is Cc1ccc(NC(=O)c2cnc(CN(C)C)cn2)cc1Oc1ccccc1. The molecule has 3 rings (SSSR count). The smallest absolute Gasteiger partial charge is 0.275 e. The van der Waals surface area contributed by atoms with Gasteiger partial charge in [-0.3, -0.25) is 9.78 Å². The Labute approximate surface area is 158 Å².